The van der Waals surface area contributed by atoms with E-state index in [9.17, 15) is 9.59 Å². The Labute approximate surface area is 218 Å². The van der Waals surface area contributed by atoms with Gasteiger partial charge in [-0.2, -0.15) is 0 Å². The van der Waals surface area contributed by atoms with Crippen LogP contribution in [-0.2, 0) is 16.6 Å². The molecule has 2 aromatic heterocycles. The van der Waals surface area contributed by atoms with E-state index in [-0.39, 0.29) is 12.2 Å². The SMILES string of the molecule is CCCC1=C(C(=O)OCC)C(c2ccccc2OC)n2c(s/c(=C\c3cn(C)c4ccccc34)c2=O)=N1. The molecule has 0 bridgehead atoms. The second kappa shape index (κ2) is 10.2. The molecule has 0 saturated heterocycles. The fraction of sp³-hybridized carbons (Fsp3) is 0.276. The van der Waals surface area contributed by atoms with Crippen molar-refractivity contribution in [2.24, 2.45) is 12.0 Å². The fourth-order valence-corrected chi connectivity index (χ4v) is 5.95. The smallest absolute Gasteiger partial charge is 0.338 e. The average molecular weight is 516 g/mol. The molecular weight excluding hydrogens is 486 g/mol. The monoisotopic (exact) mass is 515 g/mol. The summed E-state index contributed by atoms with van der Waals surface area (Å²) in [6.07, 6.45) is 5.32. The van der Waals surface area contributed by atoms with Crippen molar-refractivity contribution in [3.05, 3.63) is 96.8 Å². The van der Waals surface area contributed by atoms with Crippen molar-refractivity contribution in [3.63, 3.8) is 0 Å². The highest BCUT2D eigenvalue weighted by atomic mass is 32.1. The molecule has 5 rings (SSSR count). The molecule has 3 heterocycles. The van der Waals surface area contributed by atoms with Gasteiger partial charge >= 0.3 is 5.97 Å². The van der Waals surface area contributed by atoms with Crippen LogP contribution in [0.3, 0.4) is 0 Å². The average Bonchev–Trinajstić information content (AvgIpc) is 3.39. The molecule has 8 heteroatoms. The van der Waals surface area contributed by atoms with Crippen molar-refractivity contribution in [2.45, 2.75) is 32.7 Å². The number of nitrogens with zero attached hydrogens (tertiary/aromatic N) is 3. The molecular formula is C29H29N3O4S. The number of hydrogen-bond acceptors (Lipinski definition) is 6. The quantitative estimate of drug-likeness (QED) is 0.348. The predicted octanol–water partition coefficient (Wildman–Crippen LogP) is 4.08. The maximum Gasteiger partial charge on any atom is 0.338 e. The highest BCUT2D eigenvalue weighted by Gasteiger charge is 2.35. The van der Waals surface area contributed by atoms with Crippen LogP contribution in [0.15, 0.2) is 75.8 Å². The van der Waals surface area contributed by atoms with Crippen LogP contribution in [0, 0.1) is 0 Å². The number of fused-ring (bicyclic) bond motifs is 2. The Kier molecular flexibility index (Phi) is 6.84. The topological polar surface area (TPSA) is 74.8 Å². The van der Waals surface area contributed by atoms with E-state index in [1.807, 2.05) is 73.3 Å². The van der Waals surface area contributed by atoms with E-state index in [0.29, 0.717) is 32.8 Å². The molecule has 0 amide bonds. The molecule has 0 saturated carbocycles. The van der Waals surface area contributed by atoms with Crippen molar-refractivity contribution in [1.82, 2.24) is 9.13 Å². The van der Waals surface area contributed by atoms with Gasteiger partial charge in [-0.3, -0.25) is 9.36 Å². The number of rotatable bonds is 7. The summed E-state index contributed by atoms with van der Waals surface area (Å²) >= 11 is 1.34. The third-order valence-corrected chi connectivity index (χ3v) is 7.52. The zero-order valence-corrected chi connectivity index (χ0v) is 22.2. The third-order valence-electron chi connectivity index (χ3n) is 6.54. The lowest BCUT2D eigenvalue weighted by Gasteiger charge is -2.26. The van der Waals surface area contributed by atoms with Crippen LogP contribution in [0.1, 0.15) is 43.9 Å². The number of methoxy groups -OCH3 is 1. The Morgan fingerprint density at radius 3 is 2.65 bits per heavy atom. The molecule has 1 atom stereocenters. The predicted molar refractivity (Wildman–Crippen MR) is 146 cm³/mol. The summed E-state index contributed by atoms with van der Waals surface area (Å²) in [6.45, 7) is 4.04. The number of allylic oxidation sites excluding steroid dienone is 1. The second-order valence-electron chi connectivity index (χ2n) is 8.87. The first kappa shape index (κ1) is 24.8. The van der Waals surface area contributed by atoms with Crippen LogP contribution < -0.4 is 19.6 Å². The van der Waals surface area contributed by atoms with Gasteiger partial charge in [0.25, 0.3) is 5.56 Å². The first-order chi connectivity index (χ1) is 18.0. The second-order valence-corrected chi connectivity index (χ2v) is 9.88. The Morgan fingerprint density at radius 2 is 1.89 bits per heavy atom. The molecule has 2 aromatic carbocycles. The summed E-state index contributed by atoms with van der Waals surface area (Å²) in [7, 11) is 3.58. The standard InChI is InChI=1S/C29H29N3O4S/c1-5-11-21-25(28(34)36-6-2)26(20-13-8-10-15-23(20)35-4)32-27(33)24(37-29(32)30-21)16-18-17-31(3)22-14-9-7-12-19(18)22/h7-10,12-17,26H,5-6,11H2,1-4H3/b24-16-. The zero-order valence-electron chi connectivity index (χ0n) is 21.4. The Bertz CT molecular complexity index is 1710. The molecule has 0 spiro atoms. The highest BCUT2D eigenvalue weighted by molar-refractivity contribution is 7.07. The normalized spacial score (nSPS) is 15.6. The zero-order chi connectivity index (χ0) is 26.1. The van der Waals surface area contributed by atoms with E-state index in [2.05, 4.69) is 6.07 Å². The van der Waals surface area contributed by atoms with Crippen LogP contribution in [0.25, 0.3) is 17.0 Å². The largest absolute Gasteiger partial charge is 0.496 e. The van der Waals surface area contributed by atoms with Crippen LogP contribution in [-0.4, -0.2) is 28.8 Å². The minimum atomic E-state index is -0.706. The lowest BCUT2D eigenvalue weighted by atomic mass is 9.93. The van der Waals surface area contributed by atoms with E-state index in [1.54, 1.807) is 18.6 Å². The highest BCUT2D eigenvalue weighted by Crippen LogP contribution is 2.36. The number of benzene rings is 2. The van der Waals surface area contributed by atoms with Gasteiger partial charge in [-0.15, -0.1) is 0 Å². The van der Waals surface area contributed by atoms with E-state index in [4.69, 9.17) is 14.5 Å². The summed E-state index contributed by atoms with van der Waals surface area (Å²) in [5.74, 6) is 0.129. The molecule has 0 fully saturated rings. The lowest BCUT2D eigenvalue weighted by molar-refractivity contribution is -0.139. The van der Waals surface area contributed by atoms with Gasteiger partial charge in [-0.05, 0) is 31.6 Å². The van der Waals surface area contributed by atoms with Gasteiger partial charge in [-0.25, -0.2) is 9.79 Å². The molecule has 0 N–H and O–H groups in total. The summed E-state index contributed by atoms with van der Waals surface area (Å²) in [5.41, 5.74) is 3.59. The van der Waals surface area contributed by atoms with E-state index in [1.165, 1.54) is 11.3 Å². The number of carbonyl (C=O) groups is 1. The van der Waals surface area contributed by atoms with Crippen molar-refractivity contribution in [3.8, 4) is 5.75 Å². The first-order valence-corrected chi connectivity index (χ1v) is 13.2. The number of esters is 1. The molecule has 0 radical (unpaired) electrons. The van der Waals surface area contributed by atoms with Gasteiger partial charge in [0.2, 0.25) is 0 Å². The number of carbonyl (C=O) groups excluding carboxylic acids is 1. The van der Waals surface area contributed by atoms with E-state index < -0.39 is 12.0 Å². The van der Waals surface area contributed by atoms with Crippen molar-refractivity contribution in [1.29, 1.82) is 0 Å². The van der Waals surface area contributed by atoms with Gasteiger partial charge in [0.05, 0.1) is 29.5 Å². The van der Waals surface area contributed by atoms with Crippen molar-refractivity contribution < 1.29 is 14.3 Å². The summed E-state index contributed by atoms with van der Waals surface area (Å²) < 4.78 is 15.4. The number of aryl methyl sites for hydroxylation is 1. The number of ether oxygens (including phenoxy) is 2. The molecule has 1 aliphatic rings. The number of hydrogen-bond donors (Lipinski definition) is 0. The van der Waals surface area contributed by atoms with Gasteiger partial charge in [0.1, 0.15) is 11.8 Å². The molecule has 7 nitrogen and oxygen atoms in total. The molecule has 4 aromatic rings. The Morgan fingerprint density at radius 1 is 1.14 bits per heavy atom. The van der Waals surface area contributed by atoms with Gasteiger partial charge in [0, 0.05) is 35.3 Å². The lowest BCUT2D eigenvalue weighted by Crippen LogP contribution is -2.40. The molecule has 1 unspecified atom stereocenters. The minimum absolute atomic E-state index is 0.204. The minimum Gasteiger partial charge on any atom is -0.496 e. The molecule has 190 valence electrons. The fourth-order valence-electron chi connectivity index (χ4n) is 4.94. The summed E-state index contributed by atoms with van der Waals surface area (Å²) in [4.78, 5) is 32.7. The molecule has 1 aliphatic heterocycles. The Balaban J connectivity index is 1.80. The summed E-state index contributed by atoms with van der Waals surface area (Å²) in [6, 6.07) is 14.9. The molecule has 37 heavy (non-hydrogen) atoms. The van der Waals surface area contributed by atoms with E-state index >= 15 is 0 Å². The van der Waals surface area contributed by atoms with E-state index in [0.717, 1.165) is 28.5 Å². The summed E-state index contributed by atoms with van der Waals surface area (Å²) in [5, 5.41) is 1.07. The van der Waals surface area contributed by atoms with Crippen LogP contribution in [0.2, 0.25) is 0 Å². The Hall–Kier alpha value is -3.91. The maximum atomic E-state index is 14.0. The third kappa shape index (κ3) is 4.31. The van der Waals surface area contributed by atoms with Crippen LogP contribution >= 0.6 is 11.3 Å². The van der Waals surface area contributed by atoms with Crippen LogP contribution in [0.4, 0.5) is 0 Å². The number of thiazole rings is 1. The molecule has 0 aliphatic carbocycles. The number of aromatic nitrogens is 2. The number of para-hydroxylation sites is 2. The van der Waals surface area contributed by atoms with Crippen LogP contribution in [0.5, 0.6) is 5.75 Å². The van der Waals surface area contributed by atoms with Gasteiger partial charge in [-0.1, -0.05) is 61.1 Å². The first-order valence-electron chi connectivity index (χ1n) is 12.4. The van der Waals surface area contributed by atoms with Gasteiger partial charge in [0.15, 0.2) is 4.80 Å². The van der Waals surface area contributed by atoms with Crippen molar-refractivity contribution >= 4 is 34.3 Å². The maximum absolute atomic E-state index is 14.0. The van der Waals surface area contributed by atoms with Crippen molar-refractivity contribution in [2.75, 3.05) is 13.7 Å². The van der Waals surface area contributed by atoms with Gasteiger partial charge < -0.3 is 14.0 Å².